The Kier molecular flexibility index (Phi) is 9.79. The van der Waals surface area contributed by atoms with E-state index in [0.717, 1.165) is 6.54 Å². The summed E-state index contributed by atoms with van der Waals surface area (Å²) in [7, 11) is 0. The number of hydrogen-bond donors (Lipinski definition) is 2. The number of nitrogens with one attached hydrogen (secondary N) is 2. The summed E-state index contributed by atoms with van der Waals surface area (Å²) in [6.07, 6.45) is -0.623. The minimum atomic E-state index is -0.623. The number of halogens is 3. The number of rotatable bonds is 7. The average molecular weight is 356 g/mol. The zero-order valence-corrected chi connectivity index (χ0v) is 14.6. The third-order valence-electron chi connectivity index (χ3n) is 2.70. The Labute approximate surface area is 141 Å². The molecule has 0 radical (unpaired) electrons. The summed E-state index contributed by atoms with van der Waals surface area (Å²) in [6, 6.07) is 5.11. The molecule has 1 aromatic rings. The monoisotopic (exact) mass is 354 g/mol. The Morgan fingerprint density at radius 2 is 2.00 bits per heavy atom. The average Bonchev–Trinajstić information content (AvgIpc) is 2.39. The van der Waals surface area contributed by atoms with Gasteiger partial charge in [0.2, 0.25) is 0 Å². The first-order chi connectivity index (χ1) is 9.43. The summed E-state index contributed by atoms with van der Waals surface area (Å²) in [5, 5.41) is 6.95. The van der Waals surface area contributed by atoms with Crippen molar-refractivity contribution >= 4 is 41.5 Å². The van der Waals surface area contributed by atoms with Gasteiger partial charge in [-0.05, 0) is 38.6 Å². The predicted molar refractivity (Wildman–Crippen MR) is 89.9 cm³/mol. The fourth-order valence-corrected chi connectivity index (χ4v) is 2.09. The fourth-order valence-electron chi connectivity index (χ4n) is 1.63. The van der Waals surface area contributed by atoms with Crippen molar-refractivity contribution in [3.8, 4) is 5.75 Å². The second kappa shape index (κ2) is 10.1. The van der Waals surface area contributed by atoms with Gasteiger partial charge in [-0.15, -0.1) is 12.4 Å². The van der Waals surface area contributed by atoms with E-state index in [0.29, 0.717) is 22.3 Å². The summed E-state index contributed by atoms with van der Waals surface area (Å²) in [4.78, 5) is 11.9. The third kappa shape index (κ3) is 7.23. The summed E-state index contributed by atoms with van der Waals surface area (Å²) in [6.45, 7) is 7.12. The predicted octanol–water partition coefficient (Wildman–Crippen LogP) is 3.30. The number of carbonyl (C=O) groups excluding carboxylic acids is 1. The molecule has 0 saturated heterocycles. The van der Waals surface area contributed by atoms with Crippen LogP contribution < -0.4 is 15.4 Å². The standard InChI is InChI=1S/C14H20Cl2N2O2.ClH/c1-4-17-9(2)8-18-14(19)10(3)20-13-6-5-11(15)7-12(13)16;/h5-7,9-10,17H,4,8H2,1-3H3,(H,18,19);1H/t9-,10?;/m1./s1. The Balaban J connectivity index is 0.00000400. The highest BCUT2D eigenvalue weighted by Gasteiger charge is 2.16. The lowest BCUT2D eigenvalue weighted by Gasteiger charge is -2.18. The van der Waals surface area contributed by atoms with Crippen LogP contribution in [0.25, 0.3) is 0 Å². The number of benzene rings is 1. The molecule has 2 atom stereocenters. The lowest BCUT2D eigenvalue weighted by Crippen LogP contribution is -2.43. The molecule has 0 bridgehead atoms. The maximum atomic E-state index is 11.9. The van der Waals surface area contributed by atoms with Gasteiger partial charge in [0.05, 0.1) is 5.02 Å². The van der Waals surface area contributed by atoms with Crippen molar-refractivity contribution < 1.29 is 9.53 Å². The minimum absolute atomic E-state index is 0. The van der Waals surface area contributed by atoms with Crippen LogP contribution in [0, 0.1) is 0 Å². The maximum Gasteiger partial charge on any atom is 0.260 e. The van der Waals surface area contributed by atoms with Crippen LogP contribution in [-0.4, -0.2) is 31.1 Å². The van der Waals surface area contributed by atoms with Gasteiger partial charge in [-0.2, -0.15) is 0 Å². The van der Waals surface area contributed by atoms with Crippen molar-refractivity contribution in [2.75, 3.05) is 13.1 Å². The zero-order valence-electron chi connectivity index (χ0n) is 12.3. The van der Waals surface area contributed by atoms with E-state index in [1.165, 1.54) is 0 Å². The van der Waals surface area contributed by atoms with Crippen LogP contribution in [0.2, 0.25) is 10.0 Å². The van der Waals surface area contributed by atoms with Crippen LogP contribution in [0.3, 0.4) is 0 Å². The molecule has 0 aromatic heterocycles. The van der Waals surface area contributed by atoms with Crippen molar-refractivity contribution in [3.05, 3.63) is 28.2 Å². The second-order valence-corrected chi connectivity index (χ2v) is 5.38. The molecule has 1 rings (SSSR count). The van der Waals surface area contributed by atoms with E-state index in [2.05, 4.69) is 10.6 Å². The Hall–Kier alpha value is -0.680. The first-order valence-electron chi connectivity index (χ1n) is 6.56. The number of carbonyl (C=O) groups is 1. The van der Waals surface area contributed by atoms with Crippen molar-refractivity contribution in [2.45, 2.75) is 32.9 Å². The van der Waals surface area contributed by atoms with Crippen LogP contribution in [0.15, 0.2) is 18.2 Å². The van der Waals surface area contributed by atoms with Crippen molar-refractivity contribution in [2.24, 2.45) is 0 Å². The molecule has 0 aliphatic carbocycles. The molecule has 1 amide bonds. The number of ether oxygens (including phenoxy) is 1. The molecular formula is C14H21Cl3N2O2. The van der Waals surface area contributed by atoms with Gasteiger partial charge in [-0.3, -0.25) is 4.79 Å². The molecule has 120 valence electrons. The SMILES string of the molecule is CCN[C@H](C)CNC(=O)C(C)Oc1ccc(Cl)cc1Cl.Cl. The van der Waals surface area contributed by atoms with Crippen molar-refractivity contribution in [1.82, 2.24) is 10.6 Å². The molecule has 0 saturated carbocycles. The molecular weight excluding hydrogens is 335 g/mol. The van der Waals surface area contributed by atoms with Crippen molar-refractivity contribution in [1.29, 1.82) is 0 Å². The Morgan fingerprint density at radius 1 is 1.33 bits per heavy atom. The van der Waals surface area contributed by atoms with Crippen LogP contribution in [0.5, 0.6) is 5.75 Å². The first-order valence-corrected chi connectivity index (χ1v) is 7.32. The normalized spacial score (nSPS) is 13.0. The molecule has 0 aliphatic rings. The number of hydrogen-bond acceptors (Lipinski definition) is 3. The first kappa shape index (κ1) is 20.3. The zero-order chi connectivity index (χ0) is 15.1. The van der Waals surface area contributed by atoms with Crippen LogP contribution in [0.4, 0.5) is 0 Å². The molecule has 0 spiro atoms. The van der Waals surface area contributed by atoms with Gasteiger partial charge in [-0.25, -0.2) is 0 Å². The highest BCUT2D eigenvalue weighted by atomic mass is 35.5. The van der Waals surface area contributed by atoms with Crippen LogP contribution in [0.1, 0.15) is 20.8 Å². The van der Waals surface area contributed by atoms with E-state index in [4.69, 9.17) is 27.9 Å². The molecule has 21 heavy (non-hydrogen) atoms. The summed E-state index contributed by atoms with van der Waals surface area (Å²) >= 11 is 11.8. The number of amides is 1. The van der Waals surface area contributed by atoms with E-state index in [-0.39, 0.29) is 24.4 Å². The van der Waals surface area contributed by atoms with Crippen LogP contribution >= 0.6 is 35.6 Å². The van der Waals surface area contributed by atoms with Gasteiger partial charge in [-0.1, -0.05) is 30.1 Å². The lowest BCUT2D eigenvalue weighted by molar-refractivity contribution is -0.127. The molecule has 0 aliphatic heterocycles. The topological polar surface area (TPSA) is 50.4 Å². The largest absolute Gasteiger partial charge is 0.479 e. The van der Waals surface area contributed by atoms with Crippen LogP contribution in [-0.2, 0) is 4.79 Å². The fraction of sp³-hybridized carbons (Fsp3) is 0.500. The molecule has 2 N–H and O–H groups in total. The highest BCUT2D eigenvalue weighted by Crippen LogP contribution is 2.28. The van der Waals surface area contributed by atoms with E-state index in [1.54, 1.807) is 25.1 Å². The van der Waals surface area contributed by atoms with E-state index in [9.17, 15) is 4.79 Å². The highest BCUT2D eigenvalue weighted by molar-refractivity contribution is 6.35. The Bertz CT molecular complexity index is 458. The summed E-state index contributed by atoms with van der Waals surface area (Å²) in [5.41, 5.74) is 0. The summed E-state index contributed by atoms with van der Waals surface area (Å²) < 4.78 is 5.53. The molecule has 1 aromatic carbocycles. The summed E-state index contributed by atoms with van der Waals surface area (Å²) in [5.74, 6) is 0.263. The Morgan fingerprint density at radius 3 is 2.57 bits per heavy atom. The molecule has 4 nitrogen and oxygen atoms in total. The van der Waals surface area contributed by atoms with E-state index >= 15 is 0 Å². The molecule has 1 unspecified atom stereocenters. The molecule has 7 heteroatoms. The van der Waals surface area contributed by atoms with Crippen molar-refractivity contribution in [3.63, 3.8) is 0 Å². The van der Waals surface area contributed by atoms with Gasteiger partial charge < -0.3 is 15.4 Å². The number of likely N-dealkylation sites (N-methyl/N-ethyl adjacent to an activating group) is 1. The third-order valence-corrected chi connectivity index (χ3v) is 3.23. The molecule has 0 fully saturated rings. The van der Waals surface area contributed by atoms with Gasteiger partial charge >= 0.3 is 0 Å². The van der Waals surface area contributed by atoms with Gasteiger partial charge in [0.1, 0.15) is 5.75 Å². The second-order valence-electron chi connectivity index (χ2n) is 4.54. The smallest absolute Gasteiger partial charge is 0.260 e. The quantitative estimate of drug-likeness (QED) is 0.789. The van der Waals surface area contributed by atoms with Gasteiger partial charge in [0, 0.05) is 17.6 Å². The maximum absolute atomic E-state index is 11.9. The van der Waals surface area contributed by atoms with Gasteiger partial charge in [0.25, 0.3) is 5.91 Å². The minimum Gasteiger partial charge on any atom is -0.479 e. The van der Waals surface area contributed by atoms with E-state index in [1.807, 2.05) is 13.8 Å². The lowest BCUT2D eigenvalue weighted by atomic mass is 10.3. The molecule has 0 heterocycles. The van der Waals surface area contributed by atoms with E-state index < -0.39 is 6.10 Å². The van der Waals surface area contributed by atoms with Gasteiger partial charge in [0.15, 0.2) is 6.10 Å².